The van der Waals surface area contributed by atoms with Gasteiger partial charge >= 0.3 is 0 Å². The first-order valence-corrected chi connectivity index (χ1v) is 7.60. The molecular weight excluding hydrogens is 295 g/mol. The molecule has 0 saturated heterocycles. The molecule has 1 aromatic carbocycles. The number of rotatable bonds is 6. The average molecular weight is 316 g/mol. The smallest absolute Gasteiger partial charge is 0.270 e. The standard InChI is InChI=1S/C17H21FN4O/c1-11(2)8-9-19-17(23)15-10-16(21-12(3)20-15)22-14-6-4-13(18)5-7-14/h4-7,10-11H,8-9H2,1-3H3,(H,19,23)(H,20,21,22). The van der Waals surface area contributed by atoms with Crippen molar-refractivity contribution in [3.8, 4) is 0 Å². The number of halogens is 1. The number of hydrogen-bond acceptors (Lipinski definition) is 4. The number of hydrogen-bond donors (Lipinski definition) is 2. The molecule has 6 heteroatoms. The Morgan fingerprint density at radius 3 is 2.57 bits per heavy atom. The summed E-state index contributed by atoms with van der Waals surface area (Å²) >= 11 is 0. The van der Waals surface area contributed by atoms with Crippen LogP contribution in [0.3, 0.4) is 0 Å². The molecule has 0 saturated carbocycles. The first-order valence-electron chi connectivity index (χ1n) is 7.60. The molecule has 0 radical (unpaired) electrons. The molecule has 1 heterocycles. The topological polar surface area (TPSA) is 66.9 Å². The van der Waals surface area contributed by atoms with E-state index in [4.69, 9.17) is 0 Å². The van der Waals surface area contributed by atoms with Crippen LogP contribution in [0.15, 0.2) is 30.3 Å². The molecule has 1 amide bonds. The summed E-state index contributed by atoms with van der Waals surface area (Å²) in [6, 6.07) is 7.51. The number of aromatic nitrogens is 2. The molecule has 23 heavy (non-hydrogen) atoms. The Balaban J connectivity index is 2.08. The minimum atomic E-state index is -0.306. The van der Waals surface area contributed by atoms with Gasteiger partial charge in [0.2, 0.25) is 0 Å². The van der Waals surface area contributed by atoms with E-state index >= 15 is 0 Å². The summed E-state index contributed by atoms with van der Waals surface area (Å²) in [5.74, 6) is 0.986. The molecule has 2 N–H and O–H groups in total. The van der Waals surface area contributed by atoms with Crippen LogP contribution in [-0.2, 0) is 0 Å². The van der Waals surface area contributed by atoms with E-state index in [0.717, 1.165) is 6.42 Å². The summed E-state index contributed by atoms with van der Waals surface area (Å²) in [4.78, 5) is 20.6. The van der Waals surface area contributed by atoms with E-state index in [-0.39, 0.29) is 11.7 Å². The van der Waals surface area contributed by atoms with Gasteiger partial charge in [-0.1, -0.05) is 13.8 Å². The van der Waals surface area contributed by atoms with E-state index in [9.17, 15) is 9.18 Å². The second kappa shape index (κ2) is 7.67. The van der Waals surface area contributed by atoms with Gasteiger partial charge in [0.05, 0.1) is 0 Å². The lowest BCUT2D eigenvalue weighted by atomic mass is 10.1. The fourth-order valence-corrected chi connectivity index (χ4v) is 1.99. The lowest BCUT2D eigenvalue weighted by Gasteiger charge is -2.10. The predicted molar refractivity (Wildman–Crippen MR) is 88.2 cm³/mol. The van der Waals surface area contributed by atoms with E-state index < -0.39 is 0 Å². The van der Waals surface area contributed by atoms with Crippen LogP contribution in [-0.4, -0.2) is 22.4 Å². The zero-order valence-corrected chi connectivity index (χ0v) is 13.6. The lowest BCUT2D eigenvalue weighted by molar-refractivity contribution is 0.0946. The third kappa shape index (κ3) is 5.32. The van der Waals surface area contributed by atoms with Crippen LogP contribution >= 0.6 is 0 Å². The lowest BCUT2D eigenvalue weighted by Crippen LogP contribution is -2.26. The van der Waals surface area contributed by atoms with Gasteiger partial charge in [-0.25, -0.2) is 14.4 Å². The van der Waals surface area contributed by atoms with Crippen molar-refractivity contribution in [2.45, 2.75) is 27.2 Å². The molecule has 0 aliphatic carbocycles. The normalized spacial score (nSPS) is 10.7. The second-order valence-corrected chi connectivity index (χ2v) is 5.76. The van der Waals surface area contributed by atoms with Crippen molar-refractivity contribution in [2.75, 3.05) is 11.9 Å². The van der Waals surface area contributed by atoms with Gasteiger partial charge in [-0.05, 0) is 43.5 Å². The summed E-state index contributed by atoms with van der Waals surface area (Å²) in [6.07, 6.45) is 0.913. The van der Waals surface area contributed by atoms with E-state index in [0.29, 0.717) is 35.5 Å². The van der Waals surface area contributed by atoms with Gasteiger partial charge in [0, 0.05) is 18.3 Å². The molecule has 5 nitrogen and oxygen atoms in total. The Kier molecular flexibility index (Phi) is 5.62. The van der Waals surface area contributed by atoms with Gasteiger partial charge in [0.15, 0.2) is 0 Å². The van der Waals surface area contributed by atoms with Crippen molar-refractivity contribution < 1.29 is 9.18 Å². The SMILES string of the molecule is Cc1nc(Nc2ccc(F)cc2)cc(C(=O)NCCC(C)C)n1. The summed E-state index contributed by atoms with van der Waals surface area (Å²) in [7, 11) is 0. The van der Waals surface area contributed by atoms with E-state index in [1.54, 1.807) is 25.1 Å². The van der Waals surface area contributed by atoms with Crippen molar-refractivity contribution in [1.82, 2.24) is 15.3 Å². The number of nitrogens with zero attached hydrogens (tertiary/aromatic N) is 2. The molecule has 0 aliphatic heterocycles. The molecule has 0 spiro atoms. The highest BCUT2D eigenvalue weighted by Crippen LogP contribution is 2.16. The quantitative estimate of drug-likeness (QED) is 0.856. The van der Waals surface area contributed by atoms with Crippen molar-refractivity contribution in [2.24, 2.45) is 5.92 Å². The maximum Gasteiger partial charge on any atom is 0.270 e. The summed E-state index contributed by atoms with van der Waals surface area (Å²) in [6.45, 7) is 6.54. The van der Waals surface area contributed by atoms with E-state index in [1.807, 2.05) is 0 Å². The molecule has 0 atom stereocenters. The number of nitrogens with one attached hydrogen (secondary N) is 2. The van der Waals surface area contributed by atoms with Crippen molar-refractivity contribution in [3.63, 3.8) is 0 Å². The Morgan fingerprint density at radius 1 is 1.22 bits per heavy atom. The Hall–Kier alpha value is -2.50. The summed E-state index contributed by atoms with van der Waals surface area (Å²) in [5, 5.41) is 5.89. The average Bonchev–Trinajstić information content (AvgIpc) is 2.48. The molecule has 0 fully saturated rings. The van der Waals surface area contributed by atoms with Gasteiger partial charge < -0.3 is 10.6 Å². The zero-order chi connectivity index (χ0) is 16.8. The van der Waals surface area contributed by atoms with Crippen LogP contribution in [0.5, 0.6) is 0 Å². The van der Waals surface area contributed by atoms with Crippen molar-refractivity contribution >= 4 is 17.4 Å². The van der Waals surface area contributed by atoms with Crippen molar-refractivity contribution in [3.05, 3.63) is 47.7 Å². The first kappa shape index (κ1) is 16.9. The van der Waals surface area contributed by atoms with Gasteiger partial charge in [-0.15, -0.1) is 0 Å². The Labute approximate surface area is 135 Å². The van der Waals surface area contributed by atoms with Gasteiger partial charge in [-0.2, -0.15) is 0 Å². The Morgan fingerprint density at radius 2 is 1.91 bits per heavy atom. The van der Waals surface area contributed by atoms with Crippen LogP contribution in [0, 0.1) is 18.7 Å². The maximum atomic E-state index is 12.9. The fraction of sp³-hybridized carbons (Fsp3) is 0.353. The first-order chi connectivity index (χ1) is 10.9. The molecule has 2 aromatic rings. The third-order valence-electron chi connectivity index (χ3n) is 3.19. The van der Waals surface area contributed by atoms with E-state index in [2.05, 4.69) is 34.4 Å². The van der Waals surface area contributed by atoms with Gasteiger partial charge in [-0.3, -0.25) is 4.79 Å². The van der Waals surface area contributed by atoms with Crippen LogP contribution < -0.4 is 10.6 Å². The minimum Gasteiger partial charge on any atom is -0.351 e. The highest BCUT2D eigenvalue weighted by molar-refractivity contribution is 5.93. The molecule has 122 valence electrons. The number of carbonyl (C=O) groups excluding carboxylic acids is 1. The molecule has 2 rings (SSSR count). The van der Waals surface area contributed by atoms with Crippen LogP contribution in [0.2, 0.25) is 0 Å². The summed E-state index contributed by atoms with van der Waals surface area (Å²) in [5.41, 5.74) is 1.00. The number of anilines is 2. The minimum absolute atomic E-state index is 0.224. The van der Waals surface area contributed by atoms with Gasteiger partial charge in [0.25, 0.3) is 5.91 Å². The zero-order valence-electron chi connectivity index (χ0n) is 13.6. The second-order valence-electron chi connectivity index (χ2n) is 5.76. The number of amides is 1. The number of aryl methyl sites for hydroxylation is 1. The molecule has 0 unspecified atom stereocenters. The van der Waals surface area contributed by atoms with Crippen LogP contribution in [0.25, 0.3) is 0 Å². The molecule has 0 aliphatic rings. The predicted octanol–water partition coefficient (Wildman–Crippen LogP) is 3.44. The monoisotopic (exact) mass is 316 g/mol. The van der Waals surface area contributed by atoms with Crippen LogP contribution in [0.1, 0.15) is 36.6 Å². The molecule has 1 aromatic heterocycles. The highest BCUT2D eigenvalue weighted by atomic mass is 19.1. The van der Waals surface area contributed by atoms with Gasteiger partial charge in [0.1, 0.15) is 23.2 Å². The molecular formula is C17H21FN4O. The largest absolute Gasteiger partial charge is 0.351 e. The highest BCUT2D eigenvalue weighted by Gasteiger charge is 2.10. The maximum absolute atomic E-state index is 12.9. The Bertz CT molecular complexity index is 671. The third-order valence-corrected chi connectivity index (χ3v) is 3.19. The van der Waals surface area contributed by atoms with E-state index in [1.165, 1.54) is 12.1 Å². The van der Waals surface area contributed by atoms with Crippen LogP contribution in [0.4, 0.5) is 15.9 Å². The number of carbonyl (C=O) groups is 1. The van der Waals surface area contributed by atoms with Crippen molar-refractivity contribution in [1.29, 1.82) is 0 Å². The number of benzene rings is 1. The fourth-order valence-electron chi connectivity index (χ4n) is 1.99. The molecule has 0 bridgehead atoms. The summed E-state index contributed by atoms with van der Waals surface area (Å²) < 4.78 is 12.9.